The van der Waals surface area contributed by atoms with E-state index >= 15 is 0 Å². The van der Waals surface area contributed by atoms with Crippen LogP contribution in [0, 0.1) is 5.41 Å². The van der Waals surface area contributed by atoms with Crippen molar-refractivity contribution in [1.29, 1.82) is 0 Å². The molecule has 3 aliphatic heterocycles. The van der Waals surface area contributed by atoms with E-state index in [9.17, 15) is 4.79 Å². The molecule has 2 fully saturated rings. The van der Waals surface area contributed by atoms with Gasteiger partial charge in [-0.1, -0.05) is 0 Å². The fraction of sp³-hybridized carbons (Fsp3) is 0.650. The molecule has 0 atom stereocenters. The predicted molar refractivity (Wildman–Crippen MR) is 99.2 cm³/mol. The molecule has 7 heteroatoms. The Hall–Kier alpha value is -1.99. The number of likely N-dealkylation sites (tertiary alicyclic amines) is 1. The number of nitrogens with zero attached hydrogens (tertiary/aromatic N) is 1. The summed E-state index contributed by atoms with van der Waals surface area (Å²) < 4.78 is 21.8. The van der Waals surface area contributed by atoms with Gasteiger partial charge >= 0.3 is 0 Å². The molecule has 148 valence electrons. The largest absolute Gasteiger partial charge is 0.484 e. The van der Waals surface area contributed by atoms with Crippen LogP contribution in [0.15, 0.2) is 18.2 Å². The Balaban J connectivity index is 1.27. The first-order valence-corrected chi connectivity index (χ1v) is 9.82. The molecule has 27 heavy (non-hydrogen) atoms. The topological polar surface area (TPSA) is 69.3 Å². The summed E-state index contributed by atoms with van der Waals surface area (Å²) in [6.45, 7) is 5.83. The molecule has 1 aromatic rings. The van der Waals surface area contributed by atoms with Gasteiger partial charge in [-0.2, -0.15) is 0 Å². The molecule has 0 saturated carbocycles. The minimum Gasteiger partial charge on any atom is -0.484 e. The smallest absolute Gasteiger partial charge is 0.257 e. The number of amides is 1. The number of fused-ring (bicyclic) bond motifs is 1. The van der Waals surface area contributed by atoms with E-state index in [1.165, 1.54) is 25.9 Å². The predicted octanol–water partition coefficient (Wildman–Crippen LogP) is 1.80. The van der Waals surface area contributed by atoms with Crippen molar-refractivity contribution in [1.82, 2.24) is 10.2 Å². The molecule has 0 aliphatic carbocycles. The molecule has 0 radical (unpaired) electrons. The van der Waals surface area contributed by atoms with Crippen molar-refractivity contribution in [3.63, 3.8) is 0 Å². The van der Waals surface area contributed by atoms with Crippen molar-refractivity contribution in [2.75, 3.05) is 52.8 Å². The molecular formula is C20H28N2O5. The number of rotatable bonds is 7. The summed E-state index contributed by atoms with van der Waals surface area (Å²) in [6.07, 6.45) is 4.55. The Bertz CT molecular complexity index is 654. The summed E-state index contributed by atoms with van der Waals surface area (Å²) in [5, 5.41) is 3.09. The van der Waals surface area contributed by atoms with Crippen molar-refractivity contribution < 1.29 is 23.7 Å². The summed E-state index contributed by atoms with van der Waals surface area (Å²) >= 11 is 0. The van der Waals surface area contributed by atoms with Gasteiger partial charge in [-0.25, -0.2) is 0 Å². The van der Waals surface area contributed by atoms with Crippen molar-refractivity contribution in [3.05, 3.63) is 18.2 Å². The van der Waals surface area contributed by atoms with E-state index in [4.69, 9.17) is 18.9 Å². The van der Waals surface area contributed by atoms with E-state index in [0.29, 0.717) is 23.8 Å². The van der Waals surface area contributed by atoms with Gasteiger partial charge in [-0.3, -0.25) is 4.79 Å². The zero-order valence-electron chi connectivity index (χ0n) is 15.7. The van der Waals surface area contributed by atoms with Crippen LogP contribution < -0.4 is 19.5 Å². The molecule has 1 amide bonds. The number of nitrogens with one attached hydrogen (secondary N) is 1. The zero-order valence-corrected chi connectivity index (χ0v) is 15.7. The van der Waals surface area contributed by atoms with Crippen molar-refractivity contribution in [2.24, 2.45) is 5.41 Å². The van der Waals surface area contributed by atoms with E-state index in [2.05, 4.69) is 10.2 Å². The van der Waals surface area contributed by atoms with Gasteiger partial charge < -0.3 is 29.2 Å². The van der Waals surface area contributed by atoms with Gasteiger partial charge in [0.1, 0.15) is 5.75 Å². The monoisotopic (exact) mass is 376 g/mol. The number of hydrogen-bond donors (Lipinski definition) is 1. The lowest BCUT2D eigenvalue weighted by Gasteiger charge is -2.40. The lowest BCUT2D eigenvalue weighted by Crippen LogP contribution is -2.48. The van der Waals surface area contributed by atoms with E-state index in [1.807, 2.05) is 0 Å². The molecule has 0 bridgehead atoms. The molecule has 4 rings (SSSR count). The third-order valence-electron chi connectivity index (χ3n) is 5.69. The number of carbonyl (C=O) groups is 1. The molecule has 7 nitrogen and oxygen atoms in total. The second kappa shape index (κ2) is 8.35. The molecule has 0 spiro atoms. The SMILES string of the molecule is O=C(COc1ccc2c(c1)OCO2)NCC1(CN2CCCC2)CCOCC1. The van der Waals surface area contributed by atoms with Gasteiger partial charge in [0.15, 0.2) is 18.1 Å². The minimum absolute atomic E-state index is 0.00403. The van der Waals surface area contributed by atoms with Crippen molar-refractivity contribution in [3.8, 4) is 17.2 Å². The summed E-state index contributed by atoms with van der Waals surface area (Å²) in [5.74, 6) is 1.86. The van der Waals surface area contributed by atoms with Crippen LogP contribution in [0.5, 0.6) is 17.2 Å². The molecule has 3 aliphatic rings. The van der Waals surface area contributed by atoms with E-state index in [1.54, 1.807) is 18.2 Å². The molecular weight excluding hydrogens is 348 g/mol. The van der Waals surface area contributed by atoms with Crippen LogP contribution in [0.2, 0.25) is 0 Å². The molecule has 1 aromatic carbocycles. The highest BCUT2D eigenvalue weighted by Crippen LogP contribution is 2.35. The summed E-state index contributed by atoms with van der Waals surface area (Å²) in [4.78, 5) is 14.9. The third-order valence-corrected chi connectivity index (χ3v) is 5.69. The molecule has 3 heterocycles. The Labute approximate surface area is 159 Å². The van der Waals surface area contributed by atoms with E-state index in [0.717, 1.165) is 32.6 Å². The Morgan fingerprint density at radius 2 is 1.93 bits per heavy atom. The standard InChI is InChI=1S/C20H28N2O5/c23-19(12-25-16-3-4-17-18(11-16)27-15-26-17)21-13-20(5-9-24-10-6-20)14-22-7-1-2-8-22/h3-4,11H,1-2,5-10,12-15H2,(H,21,23). The van der Waals surface area contributed by atoms with Gasteiger partial charge in [0, 0.05) is 37.8 Å². The summed E-state index contributed by atoms with van der Waals surface area (Å²) in [7, 11) is 0. The maximum Gasteiger partial charge on any atom is 0.257 e. The number of ether oxygens (including phenoxy) is 4. The Kier molecular flexibility index (Phi) is 5.69. The Morgan fingerprint density at radius 3 is 2.74 bits per heavy atom. The lowest BCUT2D eigenvalue weighted by atomic mass is 9.79. The maximum absolute atomic E-state index is 12.3. The normalized spacial score (nSPS) is 21.2. The number of benzene rings is 1. The van der Waals surface area contributed by atoms with Gasteiger partial charge in [0.2, 0.25) is 6.79 Å². The maximum atomic E-state index is 12.3. The molecule has 1 N–H and O–H groups in total. The van der Waals surface area contributed by atoms with Crippen LogP contribution in [0.1, 0.15) is 25.7 Å². The van der Waals surface area contributed by atoms with Crippen LogP contribution in [0.25, 0.3) is 0 Å². The van der Waals surface area contributed by atoms with E-state index in [-0.39, 0.29) is 24.7 Å². The first kappa shape index (κ1) is 18.4. The molecule has 0 unspecified atom stereocenters. The van der Waals surface area contributed by atoms with Crippen LogP contribution >= 0.6 is 0 Å². The van der Waals surface area contributed by atoms with Crippen LogP contribution in [-0.4, -0.2) is 63.6 Å². The average Bonchev–Trinajstić information content (AvgIpc) is 3.37. The fourth-order valence-corrected chi connectivity index (χ4v) is 4.06. The van der Waals surface area contributed by atoms with Gasteiger partial charge in [0.25, 0.3) is 5.91 Å². The minimum atomic E-state index is -0.0973. The fourth-order valence-electron chi connectivity index (χ4n) is 4.06. The van der Waals surface area contributed by atoms with Gasteiger partial charge in [-0.05, 0) is 50.9 Å². The van der Waals surface area contributed by atoms with Crippen LogP contribution in [0.3, 0.4) is 0 Å². The van der Waals surface area contributed by atoms with E-state index < -0.39 is 0 Å². The highest BCUT2D eigenvalue weighted by molar-refractivity contribution is 5.77. The van der Waals surface area contributed by atoms with Crippen LogP contribution in [-0.2, 0) is 9.53 Å². The second-order valence-electron chi connectivity index (χ2n) is 7.68. The first-order valence-electron chi connectivity index (χ1n) is 9.82. The summed E-state index contributed by atoms with van der Waals surface area (Å²) in [5.41, 5.74) is 0.108. The van der Waals surface area contributed by atoms with Crippen molar-refractivity contribution in [2.45, 2.75) is 25.7 Å². The highest BCUT2D eigenvalue weighted by Gasteiger charge is 2.35. The molecule has 2 saturated heterocycles. The second-order valence-corrected chi connectivity index (χ2v) is 7.68. The lowest BCUT2D eigenvalue weighted by molar-refractivity contribution is -0.124. The number of carbonyl (C=O) groups excluding carboxylic acids is 1. The van der Waals surface area contributed by atoms with Gasteiger partial charge in [0.05, 0.1) is 0 Å². The zero-order chi connectivity index (χ0) is 18.5. The highest BCUT2D eigenvalue weighted by atomic mass is 16.7. The molecule has 0 aromatic heterocycles. The third kappa shape index (κ3) is 4.65. The van der Waals surface area contributed by atoms with Crippen molar-refractivity contribution >= 4 is 5.91 Å². The quantitative estimate of drug-likeness (QED) is 0.783. The summed E-state index contributed by atoms with van der Waals surface area (Å²) in [6, 6.07) is 5.33. The average molecular weight is 376 g/mol. The first-order chi connectivity index (χ1) is 13.2. The number of hydrogen-bond acceptors (Lipinski definition) is 6. The Morgan fingerprint density at radius 1 is 1.15 bits per heavy atom. The van der Waals surface area contributed by atoms with Crippen LogP contribution in [0.4, 0.5) is 0 Å². The van der Waals surface area contributed by atoms with Gasteiger partial charge in [-0.15, -0.1) is 0 Å².